The fourth-order valence-electron chi connectivity index (χ4n) is 1.84. The fourth-order valence-corrected chi connectivity index (χ4v) is 2.58. The zero-order valence-corrected chi connectivity index (χ0v) is 16.6. The van der Waals surface area contributed by atoms with E-state index in [4.69, 9.17) is 0 Å². The summed E-state index contributed by atoms with van der Waals surface area (Å²) in [5.41, 5.74) is 1.06. The van der Waals surface area contributed by atoms with Crippen LogP contribution in [0.3, 0.4) is 0 Å². The summed E-state index contributed by atoms with van der Waals surface area (Å²) in [4.78, 5) is 9.13. The van der Waals surface area contributed by atoms with Crippen LogP contribution < -0.4 is 10.6 Å². The van der Waals surface area contributed by atoms with Crippen molar-refractivity contribution in [3.63, 3.8) is 0 Å². The number of aliphatic imine (C=N–C) groups is 1. The van der Waals surface area contributed by atoms with Crippen molar-refractivity contribution in [1.29, 1.82) is 0 Å². The Balaban J connectivity index is 0.00000400. The molecule has 0 aliphatic heterocycles. The number of halogens is 1. The number of hydrogen-bond donors (Lipinski definition) is 2. The molecule has 0 unspecified atom stereocenters. The van der Waals surface area contributed by atoms with Gasteiger partial charge in [-0.2, -0.15) is 0 Å². The molecule has 21 heavy (non-hydrogen) atoms. The first-order chi connectivity index (χ1) is 9.80. The fraction of sp³-hybridized carbons (Fsp3) is 0.733. The van der Waals surface area contributed by atoms with Gasteiger partial charge in [0, 0.05) is 18.5 Å². The van der Waals surface area contributed by atoms with Crippen molar-refractivity contribution >= 4 is 41.3 Å². The zero-order valence-electron chi connectivity index (χ0n) is 13.4. The van der Waals surface area contributed by atoms with E-state index in [0.29, 0.717) is 6.54 Å². The Kier molecular flexibility index (Phi) is 13.1. The third-order valence-electron chi connectivity index (χ3n) is 2.97. The molecule has 2 N–H and O–H groups in total. The zero-order chi connectivity index (χ0) is 14.6. The second-order valence-electron chi connectivity index (χ2n) is 4.77. The average molecular weight is 424 g/mol. The summed E-state index contributed by atoms with van der Waals surface area (Å²) < 4.78 is 0. The maximum Gasteiger partial charge on any atom is 0.191 e. The largest absolute Gasteiger partial charge is 0.357 e. The highest BCUT2D eigenvalue weighted by Crippen LogP contribution is 2.10. The molecule has 0 atom stereocenters. The van der Waals surface area contributed by atoms with Crippen molar-refractivity contribution < 1.29 is 0 Å². The van der Waals surface area contributed by atoms with Gasteiger partial charge in [-0.3, -0.25) is 0 Å². The molecule has 0 bridgehead atoms. The first kappa shape index (κ1) is 20.6. The molecule has 6 heteroatoms. The van der Waals surface area contributed by atoms with Gasteiger partial charge >= 0.3 is 0 Å². The summed E-state index contributed by atoms with van der Waals surface area (Å²) in [5.74, 6) is 0.898. The topological polar surface area (TPSA) is 49.3 Å². The molecule has 1 aromatic rings. The lowest BCUT2D eigenvalue weighted by atomic mass is 10.2. The quantitative estimate of drug-likeness (QED) is 0.273. The highest BCUT2D eigenvalue weighted by molar-refractivity contribution is 14.0. The Morgan fingerprint density at radius 1 is 1.19 bits per heavy atom. The van der Waals surface area contributed by atoms with Gasteiger partial charge < -0.3 is 10.6 Å². The van der Waals surface area contributed by atoms with Crippen LogP contribution in [0.5, 0.6) is 0 Å². The summed E-state index contributed by atoms with van der Waals surface area (Å²) in [6.45, 7) is 8.99. The smallest absolute Gasteiger partial charge is 0.191 e. The molecule has 0 aliphatic rings. The molecule has 0 aliphatic carbocycles. The predicted octanol–water partition coefficient (Wildman–Crippen LogP) is 3.96. The van der Waals surface area contributed by atoms with Crippen molar-refractivity contribution in [1.82, 2.24) is 15.6 Å². The first-order valence-electron chi connectivity index (χ1n) is 7.75. The molecule has 1 aromatic heterocycles. The van der Waals surface area contributed by atoms with Crippen molar-refractivity contribution in [2.75, 3.05) is 13.1 Å². The van der Waals surface area contributed by atoms with Gasteiger partial charge in [0.1, 0.15) is 0 Å². The lowest BCUT2D eigenvalue weighted by molar-refractivity contribution is 0.647. The van der Waals surface area contributed by atoms with E-state index in [1.54, 1.807) is 11.3 Å². The number of aryl methyl sites for hydroxylation is 1. The number of rotatable bonds is 9. The lowest BCUT2D eigenvalue weighted by Crippen LogP contribution is -2.37. The highest BCUT2D eigenvalue weighted by Gasteiger charge is 2.01. The molecule has 0 fully saturated rings. The van der Waals surface area contributed by atoms with Gasteiger partial charge in [0.2, 0.25) is 0 Å². The molecule has 0 aromatic carbocycles. The first-order valence-corrected chi connectivity index (χ1v) is 8.63. The van der Waals surface area contributed by atoms with Crippen molar-refractivity contribution in [2.45, 2.75) is 59.4 Å². The van der Waals surface area contributed by atoms with Gasteiger partial charge in [0.15, 0.2) is 5.96 Å². The Bertz CT molecular complexity index is 393. The number of guanidine groups is 1. The Labute approximate surface area is 150 Å². The number of unbranched alkanes of at least 4 members (excludes halogenated alkanes) is 3. The maximum absolute atomic E-state index is 4.59. The second kappa shape index (κ2) is 13.3. The van der Waals surface area contributed by atoms with Gasteiger partial charge in [0.25, 0.3) is 0 Å². The van der Waals surface area contributed by atoms with E-state index in [-0.39, 0.29) is 24.0 Å². The maximum atomic E-state index is 4.59. The van der Waals surface area contributed by atoms with Crippen LogP contribution in [0.25, 0.3) is 0 Å². The summed E-state index contributed by atoms with van der Waals surface area (Å²) in [7, 11) is 0. The standard InChI is InChI=1S/C15H28N4S.HI/c1-4-7-8-9-10-17-15(16-6-3)18-11-13-12-20-14(5-2)19-13;/h12H,4-11H2,1-3H3,(H2,16,17,18);1H. The molecule has 0 radical (unpaired) electrons. The molecule has 1 rings (SSSR count). The Morgan fingerprint density at radius 3 is 2.62 bits per heavy atom. The molecule has 1 heterocycles. The minimum atomic E-state index is 0. The molecule has 4 nitrogen and oxygen atoms in total. The number of nitrogens with one attached hydrogen (secondary N) is 2. The van der Waals surface area contributed by atoms with Gasteiger partial charge in [-0.1, -0.05) is 33.1 Å². The van der Waals surface area contributed by atoms with E-state index in [0.717, 1.165) is 31.2 Å². The molecular weight excluding hydrogens is 395 g/mol. The number of hydrogen-bond acceptors (Lipinski definition) is 3. The Hall–Kier alpha value is -0.370. The van der Waals surface area contributed by atoms with E-state index < -0.39 is 0 Å². The van der Waals surface area contributed by atoms with E-state index in [2.05, 4.69) is 46.8 Å². The monoisotopic (exact) mass is 424 g/mol. The second-order valence-corrected chi connectivity index (χ2v) is 5.71. The molecular formula is C15H29IN4S. The third kappa shape index (κ3) is 9.29. The normalized spacial score (nSPS) is 11.1. The highest BCUT2D eigenvalue weighted by atomic mass is 127. The van der Waals surface area contributed by atoms with E-state index in [9.17, 15) is 0 Å². The van der Waals surface area contributed by atoms with Crippen LogP contribution in [-0.4, -0.2) is 24.0 Å². The number of aromatic nitrogens is 1. The average Bonchev–Trinajstić information content (AvgIpc) is 2.92. The van der Waals surface area contributed by atoms with E-state index in [1.165, 1.54) is 30.7 Å². The molecule has 122 valence electrons. The van der Waals surface area contributed by atoms with Crippen LogP contribution in [0.2, 0.25) is 0 Å². The summed E-state index contributed by atoms with van der Waals surface area (Å²) in [6, 6.07) is 0. The van der Waals surface area contributed by atoms with Crippen molar-refractivity contribution in [2.24, 2.45) is 4.99 Å². The number of thiazole rings is 1. The SMILES string of the molecule is CCCCCCNC(=NCc1csc(CC)n1)NCC.I. The van der Waals surface area contributed by atoms with Crippen molar-refractivity contribution in [3.8, 4) is 0 Å². The van der Waals surface area contributed by atoms with Gasteiger partial charge in [-0.15, -0.1) is 35.3 Å². The molecule has 0 spiro atoms. The summed E-state index contributed by atoms with van der Waals surface area (Å²) in [6.07, 6.45) is 6.08. The molecule has 0 saturated carbocycles. The minimum Gasteiger partial charge on any atom is -0.357 e. The van der Waals surface area contributed by atoms with Crippen LogP contribution in [0.1, 0.15) is 57.2 Å². The minimum absolute atomic E-state index is 0. The lowest BCUT2D eigenvalue weighted by Gasteiger charge is -2.10. The predicted molar refractivity (Wildman–Crippen MR) is 104 cm³/mol. The summed E-state index contributed by atoms with van der Waals surface area (Å²) in [5, 5.41) is 9.96. The van der Waals surface area contributed by atoms with Crippen LogP contribution in [0.4, 0.5) is 0 Å². The van der Waals surface area contributed by atoms with Crippen molar-refractivity contribution in [3.05, 3.63) is 16.1 Å². The van der Waals surface area contributed by atoms with E-state index in [1.807, 2.05) is 0 Å². The van der Waals surface area contributed by atoms with Crippen LogP contribution >= 0.6 is 35.3 Å². The van der Waals surface area contributed by atoms with Gasteiger partial charge in [0.05, 0.1) is 17.2 Å². The van der Waals surface area contributed by atoms with Crippen LogP contribution in [-0.2, 0) is 13.0 Å². The molecule has 0 amide bonds. The number of nitrogens with zero attached hydrogens (tertiary/aromatic N) is 2. The van der Waals surface area contributed by atoms with Crippen LogP contribution in [0.15, 0.2) is 10.4 Å². The summed E-state index contributed by atoms with van der Waals surface area (Å²) >= 11 is 1.72. The molecule has 0 saturated heterocycles. The van der Waals surface area contributed by atoms with E-state index >= 15 is 0 Å². The van der Waals surface area contributed by atoms with Gasteiger partial charge in [-0.05, 0) is 19.8 Å². The third-order valence-corrected chi connectivity index (χ3v) is 4.01. The van der Waals surface area contributed by atoms with Gasteiger partial charge in [-0.25, -0.2) is 9.98 Å². The van der Waals surface area contributed by atoms with Crippen LogP contribution in [0, 0.1) is 0 Å². The Morgan fingerprint density at radius 2 is 2.00 bits per heavy atom.